The lowest BCUT2D eigenvalue weighted by atomic mass is 10.3. The Bertz CT molecular complexity index is 202. The lowest BCUT2D eigenvalue weighted by molar-refractivity contribution is 0.447. The van der Waals surface area contributed by atoms with Gasteiger partial charge in [0.2, 0.25) is 0 Å². The standard InChI is InChI=1S/C9H15N3/c1-3-4-6-10-9-11-7-5-8-12(9)2/h1H,4-8H2,2H3,(H,10,11). The molecule has 1 aliphatic rings. The van der Waals surface area contributed by atoms with E-state index in [0.29, 0.717) is 0 Å². The van der Waals surface area contributed by atoms with Crippen molar-refractivity contribution in [2.24, 2.45) is 4.99 Å². The van der Waals surface area contributed by atoms with Crippen LogP contribution >= 0.6 is 0 Å². The van der Waals surface area contributed by atoms with E-state index >= 15 is 0 Å². The van der Waals surface area contributed by atoms with Gasteiger partial charge in [0.1, 0.15) is 0 Å². The van der Waals surface area contributed by atoms with E-state index in [0.717, 1.165) is 38.4 Å². The molecule has 3 nitrogen and oxygen atoms in total. The van der Waals surface area contributed by atoms with Gasteiger partial charge < -0.3 is 10.2 Å². The largest absolute Gasteiger partial charge is 0.355 e. The Morgan fingerprint density at radius 1 is 1.75 bits per heavy atom. The Kier molecular flexibility index (Phi) is 3.46. The zero-order valence-corrected chi connectivity index (χ0v) is 7.51. The number of hydrogen-bond acceptors (Lipinski definition) is 3. The molecule has 3 heteroatoms. The number of guanidine groups is 1. The second-order valence-corrected chi connectivity index (χ2v) is 2.86. The topological polar surface area (TPSA) is 27.6 Å². The Balaban J connectivity index is 2.30. The summed E-state index contributed by atoms with van der Waals surface area (Å²) in [6.45, 7) is 2.84. The van der Waals surface area contributed by atoms with Gasteiger partial charge >= 0.3 is 0 Å². The van der Waals surface area contributed by atoms with E-state index in [1.807, 2.05) is 7.05 Å². The quantitative estimate of drug-likeness (QED) is 0.470. The minimum atomic E-state index is 0.757. The first-order valence-electron chi connectivity index (χ1n) is 4.27. The summed E-state index contributed by atoms with van der Waals surface area (Å²) in [7, 11) is 2.04. The summed E-state index contributed by atoms with van der Waals surface area (Å²) in [4.78, 5) is 6.47. The molecule has 0 amide bonds. The maximum atomic E-state index is 5.14. The third-order valence-electron chi connectivity index (χ3n) is 1.83. The Morgan fingerprint density at radius 2 is 2.58 bits per heavy atom. The number of nitrogens with one attached hydrogen (secondary N) is 1. The molecule has 0 aromatic heterocycles. The van der Waals surface area contributed by atoms with Gasteiger partial charge in [-0.3, -0.25) is 4.99 Å². The second-order valence-electron chi connectivity index (χ2n) is 2.86. The van der Waals surface area contributed by atoms with Crippen molar-refractivity contribution in [1.29, 1.82) is 0 Å². The second kappa shape index (κ2) is 4.66. The number of aliphatic imine (C=N–C) groups is 1. The van der Waals surface area contributed by atoms with E-state index in [2.05, 4.69) is 21.1 Å². The zero-order valence-electron chi connectivity index (χ0n) is 7.51. The summed E-state index contributed by atoms with van der Waals surface area (Å²) in [5.41, 5.74) is 0. The lowest BCUT2D eigenvalue weighted by Gasteiger charge is -2.25. The molecule has 0 aliphatic carbocycles. The molecule has 0 radical (unpaired) electrons. The molecule has 0 saturated heterocycles. The van der Waals surface area contributed by atoms with Gasteiger partial charge in [0.15, 0.2) is 5.96 Å². The molecule has 0 aromatic rings. The van der Waals surface area contributed by atoms with Crippen LogP contribution in [0.3, 0.4) is 0 Å². The molecule has 1 rings (SSSR count). The van der Waals surface area contributed by atoms with Gasteiger partial charge in [-0.25, -0.2) is 0 Å². The van der Waals surface area contributed by atoms with Gasteiger partial charge in [0.25, 0.3) is 0 Å². The van der Waals surface area contributed by atoms with Gasteiger partial charge in [-0.1, -0.05) is 0 Å². The van der Waals surface area contributed by atoms with Crippen LogP contribution in [-0.4, -0.2) is 37.5 Å². The molecule has 0 fully saturated rings. The summed E-state index contributed by atoms with van der Waals surface area (Å²) < 4.78 is 0. The Hall–Kier alpha value is -1.17. The van der Waals surface area contributed by atoms with Crippen molar-refractivity contribution in [3.05, 3.63) is 0 Å². The molecular formula is C9H15N3. The lowest BCUT2D eigenvalue weighted by Crippen LogP contribution is -2.42. The van der Waals surface area contributed by atoms with Crippen LogP contribution in [0.4, 0.5) is 0 Å². The van der Waals surface area contributed by atoms with Crippen LogP contribution in [0.5, 0.6) is 0 Å². The number of terminal acetylenes is 1. The molecule has 0 aromatic carbocycles. The van der Waals surface area contributed by atoms with Gasteiger partial charge in [0.05, 0.1) is 0 Å². The summed E-state index contributed by atoms with van der Waals surface area (Å²) in [6, 6.07) is 0. The zero-order chi connectivity index (χ0) is 8.81. The van der Waals surface area contributed by atoms with E-state index in [9.17, 15) is 0 Å². The van der Waals surface area contributed by atoms with E-state index in [4.69, 9.17) is 6.42 Å². The summed E-state index contributed by atoms with van der Waals surface area (Å²) in [5.74, 6) is 3.57. The molecule has 1 heterocycles. The van der Waals surface area contributed by atoms with Gasteiger partial charge in [0, 0.05) is 33.1 Å². The van der Waals surface area contributed by atoms with E-state index < -0.39 is 0 Å². The van der Waals surface area contributed by atoms with Crippen LogP contribution in [0.1, 0.15) is 12.8 Å². The Morgan fingerprint density at radius 3 is 3.25 bits per heavy atom. The molecule has 1 N–H and O–H groups in total. The molecule has 0 atom stereocenters. The molecule has 12 heavy (non-hydrogen) atoms. The average molecular weight is 165 g/mol. The molecule has 0 spiro atoms. The highest BCUT2D eigenvalue weighted by atomic mass is 15.3. The molecular weight excluding hydrogens is 150 g/mol. The number of nitrogens with zero attached hydrogens (tertiary/aromatic N) is 2. The molecule has 66 valence electrons. The normalized spacial score (nSPS) is 16.7. The van der Waals surface area contributed by atoms with Crippen molar-refractivity contribution < 1.29 is 0 Å². The summed E-state index contributed by atoms with van der Waals surface area (Å²) in [6.07, 6.45) is 7.04. The molecule has 1 aliphatic heterocycles. The molecule has 0 bridgehead atoms. The van der Waals surface area contributed by atoms with Crippen molar-refractivity contribution >= 4 is 5.96 Å². The smallest absolute Gasteiger partial charge is 0.193 e. The van der Waals surface area contributed by atoms with Crippen LogP contribution in [0, 0.1) is 12.3 Å². The highest BCUT2D eigenvalue weighted by Crippen LogP contribution is 1.97. The van der Waals surface area contributed by atoms with Crippen LogP contribution in [-0.2, 0) is 0 Å². The van der Waals surface area contributed by atoms with Crippen LogP contribution in [0.25, 0.3) is 0 Å². The van der Waals surface area contributed by atoms with Crippen molar-refractivity contribution in [1.82, 2.24) is 10.2 Å². The van der Waals surface area contributed by atoms with Crippen LogP contribution < -0.4 is 5.32 Å². The van der Waals surface area contributed by atoms with E-state index in [1.165, 1.54) is 0 Å². The SMILES string of the molecule is C#CCCNC1=NCCCN1C. The van der Waals surface area contributed by atoms with Crippen molar-refractivity contribution in [2.45, 2.75) is 12.8 Å². The van der Waals surface area contributed by atoms with Crippen LogP contribution in [0.15, 0.2) is 4.99 Å². The van der Waals surface area contributed by atoms with E-state index in [-0.39, 0.29) is 0 Å². The molecule has 0 unspecified atom stereocenters. The average Bonchev–Trinajstić information content (AvgIpc) is 2.09. The first-order valence-corrected chi connectivity index (χ1v) is 4.27. The highest BCUT2D eigenvalue weighted by Gasteiger charge is 2.08. The predicted octanol–water partition coefficient (Wildman–Crippen LogP) is 0.291. The minimum absolute atomic E-state index is 0.757. The van der Waals surface area contributed by atoms with Gasteiger partial charge in [-0.2, -0.15) is 0 Å². The molecule has 0 saturated carbocycles. The van der Waals surface area contributed by atoms with Crippen molar-refractivity contribution in [2.75, 3.05) is 26.7 Å². The van der Waals surface area contributed by atoms with Crippen molar-refractivity contribution in [3.63, 3.8) is 0 Å². The fraction of sp³-hybridized carbons (Fsp3) is 0.667. The number of rotatable bonds is 2. The predicted molar refractivity (Wildman–Crippen MR) is 51.0 cm³/mol. The van der Waals surface area contributed by atoms with Gasteiger partial charge in [-0.05, 0) is 6.42 Å². The monoisotopic (exact) mass is 165 g/mol. The van der Waals surface area contributed by atoms with Crippen molar-refractivity contribution in [3.8, 4) is 12.3 Å². The Labute approximate surface area is 73.9 Å². The first-order chi connectivity index (χ1) is 5.84. The third-order valence-corrected chi connectivity index (χ3v) is 1.83. The summed E-state index contributed by atoms with van der Waals surface area (Å²) >= 11 is 0. The van der Waals surface area contributed by atoms with E-state index in [1.54, 1.807) is 0 Å². The maximum absolute atomic E-state index is 5.14. The summed E-state index contributed by atoms with van der Waals surface area (Å²) in [5, 5.41) is 3.21. The third kappa shape index (κ3) is 2.46. The fourth-order valence-corrected chi connectivity index (χ4v) is 1.16. The van der Waals surface area contributed by atoms with Crippen LogP contribution in [0.2, 0.25) is 0 Å². The highest BCUT2D eigenvalue weighted by molar-refractivity contribution is 5.80. The fourth-order valence-electron chi connectivity index (χ4n) is 1.16. The van der Waals surface area contributed by atoms with Gasteiger partial charge in [-0.15, -0.1) is 12.3 Å². The first kappa shape index (κ1) is 8.92. The number of hydrogen-bond donors (Lipinski definition) is 1. The maximum Gasteiger partial charge on any atom is 0.193 e. The minimum Gasteiger partial charge on any atom is -0.355 e.